The van der Waals surface area contributed by atoms with Gasteiger partial charge in [0.05, 0.1) is 17.1 Å². The molecule has 0 saturated carbocycles. The lowest BCUT2D eigenvalue weighted by molar-refractivity contribution is -0.179. The van der Waals surface area contributed by atoms with Crippen LogP contribution in [0.2, 0.25) is 0 Å². The Morgan fingerprint density at radius 3 is 2.18 bits per heavy atom. The maximum absolute atomic E-state index is 13.3. The van der Waals surface area contributed by atoms with E-state index < -0.39 is 12.7 Å². The van der Waals surface area contributed by atoms with Crippen molar-refractivity contribution in [1.82, 2.24) is 0 Å². The van der Waals surface area contributed by atoms with Crippen molar-refractivity contribution < 1.29 is 23.9 Å². The van der Waals surface area contributed by atoms with Gasteiger partial charge in [-0.3, -0.25) is 4.79 Å². The van der Waals surface area contributed by atoms with Crippen LogP contribution in [-0.4, -0.2) is 36.0 Å². The van der Waals surface area contributed by atoms with Crippen LogP contribution in [0.25, 0.3) is 0 Å². The number of hydrogen-bond acceptors (Lipinski definition) is 5. The first-order valence-corrected chi connectivity index (χ1v) is 12.4. The second kappa shape index (κ2) is 9.48. The second-order valence-electron chi connectivity index (χ2n) is 10.8. The first kappa shape index (κ1) is 25.0. The Kier molecular flexibility index (Phi) is 6.96. The fourth-order valence-corrected chi connectivity index (χ4v) is 5.08. The summed E-state index contributed by atoms with van der Waals surface area (Å²) in [5.41, 5.74) is 1.68. The van der Waals surface area contributed by atoms with Gasteiger partial charge in [0.25, 0.3) is 0 Å². The zero-order valence-electron chi connectivity index (χ0n) is 21.0. The molecule has 3 atom stereocenters. The summed E-state index contributed by atoms with van der Waals surface area (Å²) < 4.78 is 18.5. The Hall–Kier alpha value is -2.15. The maximum atomic E-state index is 13.3. The van der Waals surface area contributed by atoms with Crippen molar-refractivity contribution in [3.05, 3.63) is 65.7 Å². The van der Waals surface area contributed by atoms with Crippen LogP contribution in [0.15, 0.2) is 54.6 Å². The molecule has 2 aliphatic heterocycles. The van der Waals surface area contributed by atoms with Crippen molar-refractivity contribution in [2.45, 2.75) is 83.0 Å². The van der Waals surface area contributed by atoms with Crippen molar-refractivity contribution in [2.24, 2.45) is 5.92 Å². The van der Waals surface area contributed by atoms with Crippen LogP contribution < -0.4 is 5.46 Å². The monoisotopic (exact) mass is 464 g/mol. The summed E-state index contributed by atoms with van der Waals surface area (Å²) in [4.78, 5) is 13.3. The summed E-state index contributed by atoms with van der Waals surface area (Å²) in [6.07, 6.45) is 2.73. The van der Waals surface area contributed by atoms with Gasteiger partial charge in [0.1, 0.15) is 5.60 Å². The first-order chi connectivity index (χ1) is 16.1. The molecule has 6 heteroatoms. The third-order valence-corrected chi connectivity index (χ3v) is 8.09. The van der Waals surface area contributed by atoms with Crippen LogP contribution >= 0.6 is 0 Å². The lowest BCUT2D eigenvalue weighted by Crippen LogP contribution is -2.42. The molecule has 5 nitrogen and oxygen atoms in total. The Balaban J connectivity index is 1.47. The summed E-state index contributed by atoms with van der Waals surface area (Å²) in [7, 11) is -0.396. The molecular weight excluding hydrogens is 427 g/mol. The van der Waals surface area contributed by atoms with E-state index in [9.17, 15) is 9.90 Å². The highest BCUT2D eigenvalue weighted by atomic mass is 16.7. The molecule has 0 aliphatic carbocycles. The highest BCUT2D eigenvalue weighted by Gasteiger charge is 2.51. The molecule has 182 valence electrons. The standard InChI is InChI=1S/C28H37BO5/c1-20(21-12-14-23(15-13-21)29-33-26(2,3)27(4,5)34-29)24-16-18-28(17-9-19-30,32-25(24)31)22-10-7-6-8-11-22/h6-8,10-15,20,24,30H,9,16-19H2,1-5H3/t20-,24?,28?/m1/s1. The van der Waals surface area contributed by atoms with Gasteiger partial charge < -0.3 is 19.2 Å². The van der Waals surface area contributed by atoms with Crippen molar-refractivity contribution in [1.29, 1.82) is 0 Å². The number of aliphatic hydroxyl groups excluding tert-OH is 1. The molecule has 0 spiro atoms. The normalized spacial score (nSPS) is 26.8. The predicted molar refractivity (Wildman–Crippen MR) is 134 cm³/mol. The van der Waals surface area contributed by atoms with Gasteiger partial charge in [-0.25, -0.2) is 0 Å². The van der Waals surface area contributed by atoms with Crippen LogP contribution in [0.5, 0.6) is 0 Å². The smallest absolute Gasteiger partial charge is 0.454 e. The van der Waals surface area contributed by atoms with Gasteiger partial charge >= 0.3 is 13.1 Å². The number of cyclic esters (lactones) is 1. The molecule has 34 heavy (non-hydrogen) atoms. The van der Waals surface area contributed by atoms with Crippen LogP contribution in [-0.2, 0) is 24.4 Å². The average molecular weight is 464 g/mol. The maximum Gasteiger partial charge on any atom is 0.494 e. The number of hydrogen-bond donors (Lipinski definition) is 1. The van der Waals surface area contributed by atoms with E-state index in [1.807, 2.05) is 70.2 Å². The molecule has 1 N–H and O–H groups in total. The Morgan fingerprint density at radius 2 is 1.62 bits per heavy atom. The number of esters is 1. The van der Waals surface area contributed by atoms with Gasteiger partial charge in [-0.1, -0.05) is 61.5 Å². The van der Waals surface area contributed by atoms with Crippen molar-refractivity contribution in [3.8, 4) is 0 Å². The number of aliphatic hydroxyl groups is 1. The van der Waals surface area contributed by atoms with E-state index in [1.54, 1.807) is 0 Å². The number of rotatable bonds is 7. The molecule has 2 aromatic carbocycles. The summed E-state index contributed by atoms with van der Waals surface area (Å²) in [5.74, 6) is -0.323. The fraction of sp³-hybridized carbons (Fsp3) is 0.536. The number of carbonyl (C=O) groups excluding carboxylic acids is 1. The zero-order chi connectivity index (χ0) is 24.6. The van der Waals surface area contributed by atoms with Crippen molar-refractivity contribution in [3.63, 3.8) is 0 Å². The topological polar surface area (TPSA) is 65.0 Å². The van der Waals surface area contributed by atoms with Crippen LogP contribution in [0.3, 0.4) is 0 Å². The van der Waals surface area contributed by atoms with Crippen LogP contribution in [0, 0.1) is 5.92 Å². The molecule has 4 rings (SSSR count). The van der Waals surface area contributed by atoms with Gasteiger partial charge in [0, 0.05) is 6.61 Å². The summed E-state index contributed by atoms with van der Waals surface area (Å²) >= 11 is 0. The molecule has 2 fully saturated rings. The molecule has 0 radical (unpaired) electrons. The minimum atomic E-state index is -0.655. The SMILES string of the molecule is C[C@H](c1ccc(B2OC(C)(C)C(C)(C)O2)cc1)C1CCC(CCCO)(c2ccccc2)OC1=O. The van der Waals surface area contributed by atoms with Gasteiger partial charge in [0.2, 0.25) is 0 Å². The highest BCUT2D eigenvalue weighted by molar-refractivity contribution is 6.62. The molecule has 0 aromatic heterocycles. The summed E-state index contributed by atoms with van der Waals surface area (Å²) in [6, 6.07) is 18.2. The largest absolute Gasteiger partial charge is 0.494 e. The number of benzene rings is 2. The first-order valence-electron chi connectivity index (χ1n) is 12.4. The molecule has 2 unspecified atom stereocenters. The lowest BCUT2D eigenvalue weighted by atomic mass is 9.74. The lowest BCUT2D eigenvalue weighted by Gasteiger charge is -2.41. The highest BCUT2D eigenvalue weighted by Crippen LogP contribution is 2.44. The summed E-state index contributed by atoms with van der Waals surface area (Å²) in [5, 5.41) is 9.41. The minimum absolute atomic E-state index is 0.0338. The molecule has 2 aliphatic rings. The molecule has 2 heterocycles. The number of carbonyl (C=O) groups is 1. The minimum Gasteiger partial charge on any atom is -0.454 e. The van der Waals surface area contributed by atoms with Crippen molar-refractivity contribution >= 4 is 18.6 Å². The van der Waals surface area contributed by atoms with E-state index in [4.69, 9.17) is 14.0 Å². The van der Waals surface area contributed by atoms with Crippen LogP contribution in [0.4, 0.5) is 0 Å². The Labute approximate surface area is 204 Å². The third kappa shape index (κ3) is 4.68. The van der Waals surface area contributed by atoms with E-state index in [0.29, 0.717) is 12.8 Å². The third-order valence-electron chi connectivity index (χ3n) is 8.09. The summed E-state index contributed by atoms with van der Waals surface area (Å²) in [6.45, 7) is 10.4. The van der Waals surface area contributed by atoms with E-state index in [0.717, 1.165) is 29.4 Å². The van der Waals surface area contributed by atoms with Crippen LogP contribution in [0.1, 0.15) is 77.3 Å². The van der Waals surface area contributed by atoms with Gasteiger partial charge in [-0.15, -0.1) is 0 Å². The Bertz CT molecular complexity index is 972. The Morgan fingerprint density at radius 1 is 1.00 bits per heavy atom. The fourth-order valence-electron chi connectivity index (χ4n) is 5.08. The average Bonchev–Trinajstić information content (AvgIpc) is 3.05. The van der Waals surface area contributed by atoms with Gasteiger partial charge in [-0.05, 0) is 75.9 Å². The number of ether oxygens (including phenoxy) is 1. The van der Waals surface area contributed by atoms with E-state index in [2.05, 4.69) is 19.1 Å². The van der Waals surface area contributed by atoms with E-state index in [-0.39, 0.29) is 35.6 Å². The molecule has 2 saturated heterocycles. The zero-order valence-corrected chi connectivity index (χ0v) is 21.0. The van der Waals surface area contributed by atoms with Gasteiger partial charge in [-0.2, -0.15) is 0 Å². The van der Waals surface area contributed by atoms with E-state index >= 15 is 0 Å². The molecule has 0 bridgehead atoms. The van der Waals surface area contributed by atoms with Gasteiger partial charge in [0.15, 0.2) is 0 Å². The second-order valence-corrected chi connectivity index (χ2v) is 10.8. The molecule has 0 amide bonds. The van der Waals surface area contributed by atoms with E-state index in [1.165, 1.54) is 0 Å². The predicted octanol–water partition coefficient (Wildman–Crippen LogP) is 4.71. The molecule has 2 aromatic rings. The quantitative estimate of drug-likeness (QED) is 0.475. The van der Waals surface area contributed by atoms with Crippen molar-refractivity contribution in [2.75, 3.05) is 6.61 Å². The molecular formula is C28H37BO5.